The van der Waals surface area contributed by atoms with Crippen LogP contribution in [0.25, 0.3) is 0 Å². The summed E-state index contributed by atoms with van der Waals surface area (Å²) in [5, 5.41) is 7.59. The second-order valence-corrected chi connectivity index (χ2v) is 7.84. The lowest BCUT2D eigenvalue weighted by atomic mass is 9.82. The van der Waals surface area contributed by atoms with E-state index in [0.29, 0.717) is 23.9 Å². The number of hydrogen-bond donors (Lipinski definition) is 2. The van der Waals surface area contributed by atoms with Crippen molar-refractivity contribution in [1.82, 2.24) is 15.6 Å². The van der Waals surface area contributed by atoms with Crippen LogP contribution in [0.2, 0.25) is 0 Å². The molecular weight excluding hydrogens is 288 g/mol. The lowest BCUT2D eigenvalue weighted by molar-refractivity contribution is -0.115. The molecule has 2 N–H and O–H groups in total. The first-order valence-corrected chi connectivity index (χ1v) is 9.68. The first kappa shape index (κ1) is 15.4. The van der Waals surface area contributed by atoms with Crippen molar-refractivity contribution in [3.05, 3.63) is 0 Å². The number of hydrogen-bond acceptors (Lipinski definition) is 4. The van der Waals surface area contributed by atoms with Crippen LogP contribution in [0.3, 0.4) is 0 Å². The molecule has 3 fully saturated rings. The molecule has 0 spiro atoms. The van der Waals surface area contributed by atoms with Gasteiger partial charge in [0, 0.05) is 18.5 Å². The number of carbonyl (C=O) groups is 1. The Bertz CT molecular complexity index is 476. The predicted octanol–water partition coefficient (Wildman–Crippen LogP) is 1.89. The number of carbonyl (C=O) groups excluding carboxylic acids is 1. The molecule has 3 heterocycles. The molecule has 4 unspecified atom stereocenters. The molecule has 5 heteroatoms. The highest BCUT2D eigenvalue weighted by molar-refractivity contribution is 6.40. The van der Waals surface area contributed by atoms with E-state index in [9.17, 15) is 4.79 Å². The van der Waals surface area contributed by atoms with E-state index >= 15 is 0 Å². The number of rotatable bonds is 3. The van der Waals surface area contributed by atoms with Crippen molar-refractivity contribution < 1.29 is 4.79 Å². The Morgan fingerprint density at radius 1 is 1.09 bits per heavy atom. The third kappa shape index (κ3) is 3.12. The summed E-state index contributed by atoms with van der Waals surface area (Å²) in [5.74, 6) is 1.06. The topological polar surface area (TPSA) is 56.7 Å². The molecule has 0 bridgehead atoms. The second kappa shape index (κ2) is 6.80. The highest BCUT2D eigenvalue weighted by Gasteiger charge is 2.38. The fraction of sp³-hybridized carbons (Fsp3) is 0.889. The van der Waals surface area contributed by atoms with Gasteiger partial charge in [0.2, 0.25) is 0 Å². The molecule has 4 aliphatic rings. The van der Waals surface area contributed by atoms with Crippen LogP contribution in [-0.4, -0.2) is 48.2 Å². The first-order chi connectivity index (χ1) is 11.3. The molecule has 3 aliphatic heterocycles. The van der Waals surface area contributed by atoms with E-state index in [2.05, 4.69) is 20.7 Å². The van der Waals surface area contributed by atoms with Crippen LogP contribution < -0.4 is 10.7 Å². The van der Waals surface area contributed by atoms with Crippen molar-refractivity contribution in [2.45, 2.75) is 69.9 Å². The number of nitrogens with zero attached hydrogens (tertiary/aromatic N) is 2. The van der Waals surface area contributed by atoms with Crippen LogP contribution in [0.1, 0.15) is 57.8 Å². The van der Waals surface area contributed by atoms with Gasteiger partial charge >= 0.3 is 0 Å². The average molecular weight is 318 g/mol. The summed E-state index contributed by atoms with van der Waals surface area (Å²) in [6.07, 6.45) is 11.3. The van der Waals surface area contributed by atoms with Gasteiger partial charge in [-0.15, -0.1) is 0 Å². The second-order valence-electron chi connectivity index (χ2n) is 7.84. The molecule has 128 valence electrons. The third-order valence-electron chi connectivity index (χ3n) is 6.45. The number of fused-ring (bicyclic) bond motifs is 2. The molecule has 2 saturated heterocycles. The zero-order chi connectivity index (χ0) is 15.6. The zero-order valence-corrected chi connectivity index (χ0v) is 14.1. The molecule has 0 radical (unpaired) electrons. The molecule has 1 amide bonds. The van der Waals surface area contributed by atoms with E-state index in [0.717, 1.165) is 25.1 Å². The van der Waals surface area contributed by atoms with Crippen LogP contribution >= 0.6 is 0 Å². The van der Waals surface area contributed by atoms with Crippen molar-refractivity contribution in [2.75, 3.05) is 19.6 Å². The van der Waals surface area contributed by atoms with Crippen molar-refractivity contribution in [3.8, 4) is 0 Å². The van der Waals surface area contributed by atoms with Crippen LogP contribution in [0.5, 0.6) is 0 Å². The maximum Gasteiger partial charge on any atom is 0.267 e. The quantitative estimate of drug-likeness (QED) is 0.835. The number of hydrazone groups is 1. The number of amides is 1. The molecule has 23 heavy (non-hydrogen) atoms. The summed E-state index contributed by atoms with van der Waals surface area (Å²) >= 11 is 0. The van der Waals surface area contributed by atoms with Gasteiger partial charge in [0.1, 0.15) is 5.71 Å². The standard InChI is InChI=1S/C18H30N4O/c23-18(17-14-7-1-2-8-15(14)20-21-17)19-12-13-6-5-11-22-10-4-3-9-16(13)22/h13-16,20H,1-12H2,(H,19,23). The summed E-state index contributed by atoms with van der Waals surface area (Å²) in [6, 6.07) is 1.11. The lowest BCUT2D eigenvalue weighted by Crippen LogP contribution is -2.51. The van der Waals surface area contributed by atoms with Gasteiger partial charge in [-0.05, 0) is 57.5 Å². The zero-order valence-electron chi connectivity index (χ0n) is 14.1. The van der Waals surface area contributed by atoms with Crippen molar-refractivity contribution >= 4 is 11.6 Å². The molecule has 4 atom stereocenters. The van der Waals surface area contributed by atoms with E-state index in [1.165, 1.54) is 58.0 Å². The van der Waals surface area contributed by atoms with Crippen LogP contribution in [0.4, 0.5) is 0 Å². The fourth-order valence-electron chi connectivity index (χ4n) is 5.20. The van der Waals surface area contributed by atoms with Crippen molar-refractivity contribution in [3.63, 3.8) is 0 Å². The molecule has 1 saturated carbocycles. The van der Waals surface area contributed by atoms with Crippen LogP contribution in [0, 0.1) is 11.8 Å². The van der Waals surface area contributed by atoms with Crippen molar-refractivity contribution in [1.29, 1.82) is 0 Å². The van der Waals surface area contributed by atoms with Crippen molar-refractivity contribution in [2.24, 2.45) is 16.9 Å². The van der Waals surface area contributed by atoms with E-state index in [4.69, 9.17) is 0 Å². The van der Waals surface area contributed by atoms with E-state index in [-0.39, 0.29) is 5.91 Å². The van der Waals surface area contributed by atoms with Crippen LogP contribution in [0.15, 0.2) is 5.10 Å². The van der Waals surface area contributed by atoms with E-state index < -0.39 is 0 Å². The molecule has 1 aliphatic carbocycles. The predicted molar refractivity (Wildman–Crippen MR) is 91.3 cm³/mol. The first-order valence-electron chi connectivity index (χ1n) is 9.68. The summed E-state index contributed by atoms with van der Waals surface area (Å²) < 4.78 is 0. The average Bonchev–Trinajstić information content (AvgIpc) is 3.04. The largest absolute Gasteiger partial charge is 0.351 e. The Kier molecular flexibility index (Phi) is 4.56. The summed E-state index contributed by atoms with van der Waals surface area (Å²) in [4.78, 5) is 15.3. The molecule has 0 aromatic rings. The maximum absolute atomic E-state index is 12.6. The Balaban J connectivity index is 1.32. The fourth-order valence-corrected chi connectivity index (χ4v) is 5.20. The van der Waals surface area contributed by atoms with Gasteiger partial charge < -0.3 is 15.6 Å². The van der Waals surface area contributed by atoms with Gasteiger partial charge in [-0.1, -0.05) is 19.3 Å². The molecule has 5 nitrogen and oxygen atoms in total. The Hall–Kier alpha value is -1.10. The van der Waals surface area contributed by atoms with Crippen LogP contribution in [-0.2, 0) is 4.79 Å². The number of nitrogens with one attached hydrogen (secondary N) is 2. The minimum atomic E-state index is 0.0832. The summed E-state index contributed by atoms with van der Waals surface area (Å²) in [7, 11) is 0. The lowest BCUT2D eigenvalue weighted by Gasteiger charge is -2.44. The van der Waals surface area contributed by atoms with Gasteiger partial charge in [-0.3, -0.25) is 4.79 Å². The minimum absolute atomic E-state index is 0.0832. The molecular formula is C18H30N4O. The Labute approximate surface area is 139 Å². The summed E-state index contributed by atoms with van der Waals surface area (Å²) in [6.45, 7) is 3.35. The molecule has 4 rings (SSSR count). The maximum atomic E-state index is 12.6. The smallest absolute Gasteiger partial charge is 0.267 e. The van der Waals surface area contributed by atoms with Gasteiger partial charge in [0.15, 0.2) is 0 Å². The highest BCUT2D eigenvalue weighted by atomic mass is 16.2. The van der Waals surface area contributed by atoms with E-state index in [1.807, 2.05) is 0 Å². The van der Waals surface area contributed by atoms with Gasteiger partial charge in [-0.2, -0.15) is 5.10 Å². The minimum Gasteiger partial charge on any atom is -0.351 e. The van der Waals surface area contributed by atoms with Gasteiger partial charge in [0.25, 0.3) is 5.91 Å². The Morgan fingerprint density at radius 3 is 2.87 bits per heavy atom. The SMILES string of the molecule is O=C(NCC1CCCN2CCCCC12)C1=NNC2CCCCC12. The monoisotopic (exact) mass is 318 g/mol. The van der Waals surface area contributed by atoms with Gasteiger partial charge in [0.05, 0.1) is 6.04 Å². The molecule has 0 aromatic carbocycles. The van der Waals surface area contributed by atoms with E-state index in [1.54, 1.807) is 0 Å². The number of piperidine rings is 2. The summed E-state index contributed by atoms with van der Waals surface area (Å²) in [5.41, 5.74) is 3.96. The third-order valence-corrected chi connectivity index (χ3v) is 6.45. The highest BCUT2D eigenvalue weighted by Crippen LogP contribution is 2.31. The Morgan fingerprint density at radius 2 is 1.91 bits per heavy atom. The van der Waals surface area contributed by atoms with Gasteiger partial charge in [-0.25, -0.2) is 0 Å². The normalized spacial score (nSPS) is 37.3. The molecule has 0 aromatic heterocycles.